The molecule has 2 aromatic carbocycles. The Balaban J connectivity index is 1.20. The fourth-order valence-electron chi connectivity index (χ4n) is 4.49. The fraction of sp³-hybridized carbons (Fsp3) is 0.400. The summed E-state index contributed by atoms with van der Waals surface area (Å²) in [6.45, 7) is 3.32. The van der Waals surface area contributed by atoms with E-state index in [-0.39, 0.29) is 17.3 Å². The SMILES string of the molecule is CNc1ccc(Oc2ccnc3cc(OCCCN4CC(O)C5(CC5)C4)ccc23)c(F)c1. The quantitative estimate of drug-likeness (QED) is 0.508. The Kier molecular flexibility index (Phi) is 5.61. The lowest BCUT2D eigenvalue weighted by Crippen LogP contribution is -2.24. The van der Waals surface area contributed by atoms with Gasteiger partial charge in [-0.3, -0.25) is 9.88 Å². The molecule has 6 nitrogen and oxygen atoms in total. The van der Waals surface area contributed by atoms with Gasteiger partial charge in [0, 0.05) is 61.5 Å². The van der Waals surface area contributed by atoms with Crippen LogP contribution >= 0.6 is 0 Å². The minimum absolute atomic E-state index is 0.164. The van der Waals surface area contributed by atoms with Crippen LogP contribution in [0.25, 0.3) is 10.9 Å². The monoisotopic (exact) mass is 437 g/mol. The first-order chi connectivity index (χ1) is 15.6. The van der Waals surface area contributed by atoms with Gasteiger partial charge in [-0.05, 0) is 49.6 Å². The van der Waals surface area contributed by atoms with Crippen molar-refractivity contribution in [3.8, 4) is 17.2 Å². The third-order valence-electron chi connectivity index (χ3n) is 6.57. The van der Waals surface area contributed by atoms with Gasteiger partial charge in [-0.15, -0.1) is 0 Å². The van der Waals surface area contributed by atoms with Crippen molar-refractivity contribution in [2.24, 2.45) is 5.41 Å². The number of nitrogens with one attached hydrogen (secondary N) is 1. The van der Waals surface area contributed by atoms with Crippen LogP contribution in [0.2, 0.25) is 0 Å². The Labute approximate surface area is 187 Å². The molecule has 1 aromatic heterocycles. The fourth-order valence-corrected chi connectivity index (χ4v) is 4.49. The number of ether oxygens (including phenoxy) is 2. The maximum atomic E-state index is 14.3. The second-order valence-electron chi connectivity index (χ2n) is 8.80. The Morgan fingerprint density at radius 3 is 2.81 bits per heavy atom. The van der Waals surface area contributed by atoms with E-state index in [0.717, 1.165) is 55.5 Å². The van der Waals surface area contributed by atoms with Crippen LogP contribution in [0.15, 0.2) is 48.7 Å². The van der Waals surface area contributed by atoms with Gasteiger partial charge in [-0.1, -0.05) is 0 Å². The summed E-state index contributed by atoms with van der Waals surface area (Å²) < 4.78 is 26.1. The van der Waals surface area contributed by atoms with E-state index in [9.17, 15) is 9.50 Å². The number of nitrogens with zero attached hydrogens (tertiary/aromatic N) is 2. The number of pyridine rings is 1. The number of halogens is 1. The van der Waals surface area contributed by atoms with Crippen LogP contribution in [-0.2, 0) is 0 Å². The number of aliphatic hydroxyl groups excluding tert-OH is 1. The number of aromatic nitrogens is 1. The summed E-state index contributed by atoms with van der Waals surface area (Å²) in [6.07, 6.45) is 4.70. The molecule has 7 heteroatoms. The molecule has 1 spiro atoms. The predicted molar refractivity (Wildman–Crippen MR) is 122 cm³/mol. The summed E-state index contributed by atoms with van der Waals surface area (Å²) in [5, 5.41) is 13.9. The Hall–Kier alpha value is -2.90. The van der Waals surface area contributed by atoms with Crippen molar-refractivity contribution < 1.29 is 19.0 Å². The lowest BCUT2D eigenvalue weighted by molar-refractivity contribution is 0.131. The molecule has 2 heterocycles. The topological polar surface area (TPSA) is 66.8 Å². The Morgan fingerprint density at radius 2 is 2.06 bits per heavy atom. The highest BCUT2D eigenvalue weighted by molar-refractivity contribution is 5.86. The molecule has 1 saturated heterocycles. The molecule has 0 bridgehead atoms. The van der Waals surface area contributed by atoms with E-state index in [1.807, 2.05) is 18.2 Å². The van der Waals surface area contributed by atoms with Crippen molar-refractivity contribution >= 4 is 16.6 Å². The van der Waals surface area contributed by atoms with Crippen LogP contribution in [0.5, 0.6) is 17.2 Å². The van der Waals surface area contributed by atoms with E-state index in [4.69, 9.17) is 9.47 Å². The summed E-state index contributed by atoms with van der Waals surface area (Å²) in [7, 11) is 1.74. The number of aliphatic hydroxyl groups is 1. The highest BCUT2D eigenvalue weighted by atomic mass is 19.1. The first-order valence-corrected chi connectivity index (χ1v) is 11.1. The van der Waals surface area contributed by atoms with Gasteiger partial charge >= 0.3 is 0 Å². The molecule has 168 valence electrons. The number of hydrogen-bond donors (Lipinski definition) is 2. The van der Waals surface area contributed by atoms with Gasteiger partial charge in [-0.2, -0.15) is 0 Å². The molecule has 5 rings (SSSR count). The third-order valence-corrected chi connectivity index (χ3v) is 6.57. The van der Waals surface area contributed by atoms with Crippen LogP contribution in [0.3, 0.4) is 0 Å². The third kappa shape index (κ3) is 4.23. The number of β-amino-alcohol motifs (C(OH)–C–C–N with tert-alkyl or cyclic N) is 1. The average molecular weight is 438 g/mol. The van der Waals surface area contributed by atoms with Gasteiger partial charge in [0.2, 0.25) is 0 Å². The minimum atomic E-state index is -0.431. The molecule has 1 atom stereocenters. The zero-order valence-corrected chi connectivity index (χ0v) is 18.2. The zero-order valence-electron chi connectivity index (χ0n) is 18.2. The average Bonchev–Trinajstić information content (AvgIpc) is 3.51. The van der Waals surface area contributed by atoms with Crippen molar-refractivity contribution in [3.63, 3.8) is 0 Å². The van der Waals surface area contributed by atoms with E-state index in [2.05, 4.69) is 15.2 Å². The number of likely N-dealkylation sites (tertiary alicyclic amines) is 1. The van der Waals surface area contributed by atoms with Gasteiger partial charge < -0.3 is 19.9 Å². The molecule has 0 amide bonds. The number of hydrogen-bond acceptors (Lipinski definition) is 6. The second-order valence-corrected chi connectivity index (χ2v) is 8.80. The van der Waals surface area contributed by atoms with Crippen LogP contribution in [0.1, 0.15) is 19.3 Å². The summed E-state index contributed by atoms with van der Waals surface area (Å²) in [6, 6.07) is 12.2. The minimum Gasteiger partial charge on any atom is -0.493 e. The van der Waals surface area contributed by atoms with Crippen molar-refractivity contribution in [1.82, 2.24) is 9.88 Å². The van der Waals surface area contributed by atoms with Gasteiger partial charge in [-0.25, -0.2) is 4.39 Å². The summed E-state index contributed by atoms with van der Waals surface area (Å²) in [5.74, 6) is 1.02. The van der Waals surface area contributed by atoms with Crippen molar-refractivity contribution in [3.05, 3.63) is 54.5 Å². The smallest absolute Gasteiger partial charge is 0.167 e. The maximum absolute atomic E-state index is 14.3. The number of rotatable bonds is 8. The van der Waals surface area contributed by atoms with Crippen LogP contribution < -0.4 is 14.8 Å². The first kappa shape index (κ1) is 21.0. The molecule has 32 heavy (non-hydrogen) atoms. The molecular weight excluding hydrogens is 409 g/mol. The first-order valence-electron chi connectivity index (χ1n) is 11.1. The lowest BCUT2D eigenvalue weighted by atomic mass is 10.0. The van der Waals surface area contributed by atoms with Gasteiger partial charge in [0.1, 0.15) is 11.5 Å². The van der Waals surface area contributed by atoms with Gasteiger partial charge in [0.05, 0.1) is 18.2 Å². The second kappa shape index (κ2) is 8.56. The summed E-state index contributed by atoms with van der Waals surface area (Å²) in [4.78, 5) is 6.76. The normalized spacial score (nSPS) is 19.4. The number of benzene rings is 2. The van der Waals surface area contributed by atoms with Gasteiger partial charge in [0.15, 0.2) is 11.6 Å². The zero-order chi connectivity index (χ0) is 22.1. The molecular formula is C25H28FN3O3. The van der Waals surface area contributed by atoms with Crippen LogP contribution in [0, 0.1) is 11.2 Å². The molecule has 2 N–H and O–H groups in total. The van der Waals surface area contributed by atoms with Crippen LogP contribution in [-0.4, -0.2) is 54.4 Å². The predicted octanol–water partition coefficient (Wildman–Crippen LogP) is 4.43. The highest BCUT2D eigenvalue weighted by Gasteiger charge is 2.54. The van der Waals surface area contributed by atoms with Crippen LogP contribution in [0.4, 0.5) is 10.1 Å². The molecule has 2 aliphatic rings. The van der Waals surface area contributed by atoms with Crippen molar-refractivity contribution in [1.29, 1.82) is 0 Å². The lowest BCUT2D eigenvalue weighted by Gasteiger charge is -2.15. The van der Waals surface area contributed by atoms with Gasteiger partial charge in [0.25, 0.3) is 0 Å². The van der Waals surface area contributed by atoms with E-state index < -0.39 is 5.82 Å². The Bertz CT molecular complexity index is 1120. The number of anilines is 1. The molecule has 1 aliphatic heterocycles. The molecule has 1 saturated carbocycles. The van der Waals surface area contributed by atoms with E-state index >= 15 is 0 Å². The molecule has 1 unspecified atom stereocenters. The molecule has 3 aromatic rings. The Morgan fingerprint density at radius 1 is 1.19 bits per heavy atom. The van der Waals surface area contributed by atoms with E-state index in [1.54, 1.807) is 31.4 Å². The largest absolute Gasteiger partial charge is 0.493 e. The standard InChI is InChI=1S/C25H28FN3O3/c1-27-17-3-6-23(20(26)13-17)32-22-7-10-28-21-14-18(4-5-19(21)22)31-12-2-11-29-15-24(30)25(16-29)8-9-25/h3-7,10,13-14,24,27,30H,2,8-9,11-12,15-16H2,1H3. The maximum Gasteiger partial charge on any atom is 0.167 e. The molecule has 1 aliphatic carbocycles. The summed E-state index contributed by atoms with van der Waals surface area (Å²) >= 11 is 0. The van der Waals surface area contributed by atoms with Crippen molar-refractivity contribution in [2.75, 3.05) is 38.6 Å². The number of fused-ring (bicyclic) bond motifs is 1. The summed E-state index contributed by atoms with van der Waals surface area (Å²) in [5.41, 5.74) is 1.61. The van der Waals surface area contributed by atoms with E-state index in [0.29, 0.717) is 18.0 Å². The highest BCUT2D eigenvalue weighted by Crippen LogP contribution is 2.52. The molecule has 0 radical (unpaired) electrons. The van der Waals surface area contributed by atoms with E-state index in [1.165, 1.54) is 6.07 Å². The molecule has 2 fully saturated rings. The van der Waals surface area contributed by atoms with Crippen molar-refractivity contribution in [2.45, 2.75) is 25.4 Å².